The molecular formula is C27H31F3N6O2S2. The lowest BCUT2D eigenvalue weighted by Gasteiger charge is -2.35. The van der Waals surface area contributed by atoms with Gasteiger partial charge in [-0.15, -0.1) is 23.1 Å². The minimum Gasteiger partial charge on any atom is -0.383 e. The van der Waals surface area contributed by atoms with Gasteiger partial charge in [-0.2, -0.15) is 13.2 Å². The van der Waals surface area contributed by atoms with Gasteiger partial charge in [0.15, 0.2) is 0 Å². The Balaban J connectivity index is 1.25. The maximum absolute atomic E-state index is 14.0. The predicted octanol–water partition coefficient (Wildman–Crippen LogP) is 5.46. The van der Waals surface area contributed by atoms with Crippen molar-refractivity contribution < 1.29 is 22.6 Å². The Labute approximate surface area is 239 Å². The van der Waals surface area contributed by atoms with Gasteiger partial charge in [0.1, 0.15) is 11.4 Å². The topological polar surface area (TPSA) is 75.6 Å². The summed E-state index contributed by atoms with van der Waals surface area (Å²) in [5, 5.41) is 3.15. The second kappa shape index (κ2) is 11.4. The van der Waals surface area contributed by atoms with E-state index >= 15 is 0 Å². The molecule has 0 aromatic carbocycles. The number of likely N-dealkylation sites (tertiary alicyclic amines) is 1. The Morgan fingerprint density at radius 2 is 2.08 bits per heavy atom. The number of anilines is 3. The Morgan fingerprint density at radius 1 is 1.20 bits per heavy atom. The van der Waals surface area contributed by atoms with Gasteiger partial charge < -0.3 is 19.7 Å². The molecule has 214 valence electrons. The number of hydrogen-bond acceptors (Lipinski definition) is 10. The van der Waals surface area contributed by atoms with Crippen molar-refractivity contribution in [3.05, 3.63) is 40.5 Å². The number of fused-ring (bicyclic) bond motifs is 3. The average molecular weight is 593 g/mol. The van der Waals surface area contributed by atoms with Crippen LogP contribution >= 0.6 is 23.1 Å². The third-order valence-electron chi connectivity index (χ3n) is 7.59. The maximum atomic E-state index is 14.0. The highest BCUT2D eigenvalue weighted by molar-refractivity contribution is 7.99. The molecule has 0 saturated carbocycles. The van der Waals surface area contributed by atoms with Gasteiger partial charge in [0.05, 0.1) is 41.8 Å². The van der Waals surface area contributed by atoms with Crippen molar-refractivity contribution in [3.63, 3.8) is 0 Å². The largest absolute Gasteiger partial charge is 0.420 e. The number of nitrogens with one attached hydrogen (secondary N) is 1. The Kier molecular flexibility index (Phi) is 7.92. The zero-order valence-electron chi connectivity index (χ0n) is 22.3. The number of ether oxygens (including phenoxy) is 2. The smallest absolute Gasteiger partial charge is 0.383 e. The van der Waals surface area contributed by atoms with Gasteiger partial charge in [0, 0.05) is 60.6 Å². The lowest BCUT2D eigenvalue weighted by Crippen LogP contribution is -2.47. The molecule has 2 saturated heterocycles. The van der Waals surface area contributed by atoms with Gasteiger partial charge in [-0.05, 0) is 31.0 Å². The second-order valence-electron chi connectivity index (χ2n) is 10.1. The zero-order valence-corrected chi connectivity index (χ0v) is 24.0. The molecule has 3 aromatic rings. The van der Waals surface area contributed by atoms with Crippen LogP contribution in [0.4, 0.5) is 30.6 Å². The van der Waals surface area contributed by atoms with Crippen LogP contribution in [0, 0.1) is 0 Å². The standard InChI is InChI=1S/C27H31F3N6O2S2/c1-3-19-20(4-5-24(32-19)36-14-16-10-17(36)13-35(16)6-7-37-2)33-26-31-12-18(27(28,29)30)25(34-26)22-11-21-23(40-22)15-38-8-9-39-21/h4-5,11-12,16-17H,3,6-10,13-15H2,1-2H3,(H,31,33,34). The van der Waals surface area contributed by atoms with Crippen LogP contribution in [0.5, 0.6) is 0 Å². The molecule has 2 atom stereocenters. The summed E-state index contributed by atoms with van der Waals surface area (Å²) in [6.45, 7) is 6.63. The van der Waals surface area contributed by atoms with Crippen LogP contribution in [0.15, 0.2) is 29.3 Å². The van der Waals surface area contributed by atoms with E-state index in [2.05, 4.69) is 25.1 Å². The highest BCUT2D eigenvalue weighted by atomic mass is 32.2. The lowest BCUT2D eigenvalue weighted by atomic mass is 10.2. The number of rotatable bonds is 8. The molecule has 2 unspecified atom stereocenters. The first-order valence-corrected chi connectivity index (χ1v) is 15.2. The van der Waals surface area contributed by atoms with Crippen LogP contribution in [0.1, 0.15) is 29.5 Å². The minimum absolute atomic E-state index is 0.105. The highest BCUT2D eigenvalue weighted by Gasteiger charge is 2.43. The maximum Gasteiger partial charge on any atom is 0.420 e. The van der Waals surface area contributed by atoms with Crippen molar-refractivity contribution in [2.45, 2.75) is 49.5 Å². The molecule has 0 amide bonds. The van der Waals surface area contributed by atoms with Crippen LogP contribution in [-0.4, -0.2) is 77.6 Å². The number of alkyl halides is 3. The second-order valence-corrected chi connectivity index (χ2v) is 12.4. The molecule has 1 N–H and O–H groups in total. The normalized spacial score (nSPS) is 21.1. The fourth-order valence-electron chi connectivity index (χ4n) is 5.63. The third kappa shape index (κ3) is 5.54. The minimum atomic E-state index is -4.58. The quantitative estimate of drug-likeness (QED) is 0.367. The van der Waals surface area contributed by atoms with E-state index in [1.54, 1.807) is 24.9 Å². The van der Waals surface area contributed by atoms with Crippen molar-refractivity contribution in [3.8, 4) is 10.6 Å². The molecule has 0 radical (unpaired) electrons. The summed E-state index contributed by atoms with van der Waals surface area (Å²) in [6, 6.07) is 6.61. The van der Waals surface area contributed by atoms with Gasteiger partial charge in [0.25, 0.3) is 0 Å². The van der Waals surface area contributed by atoms with E-state index < -0.39 is 11.7 Å². The average Bonchev–Trinajstić information content (AvgIpc) is 3.62. The molecule has 2 bridgehead atoms. The number of thioether (sulfide) groups is 1. The molecule has 0 aliphatic carbocycles. The van der Waals surface area contributed by atoms with Crippen LogP contribution in [0.3, 0.4) is 0 Å². The van der Waals surface area contributed by atoms with Gasteiger partial charge in [-0.3, -0.25) is 4.90 Å². The molecule has 6 heterocycles. The van der Waals surface area contributed by atoms with Crippen molar-refractivity contribution in [2.75, 3.05) is 55.9 Å². The van der Waals surface area contributed by atoms with Gasteiger partial charge in [-0.1, -0.05) is 6.92 Å². The van der Waals surface area contributed by atoms with Crippen LogP contribution in [0.2, 0.25) is 0 Å². The molecule has 3 aromatic heterocycles. The summed E-state index contributed by atoms with van der Waals surface area (Å²) in [4.78, 5) is 20.5. The number of nitrogens with zero attached hydrogens (tertiary/aromatic N) is 5. The Bertz CT molecular complexity index is 1350. The Morgan fingerprint density at radius 3 is 2.83 bits per heavy atom. The van der Waals surface area contributed by atoms with Crippen molar-refractivity contribution in [1.82, 2.24) is 19.9 Å². The van der Waals surface area contributed by atoms with Crippen molar-refractivity contribution in [2.24, 2.45) is 0 Å². The number of piperazine rings is 1. The number of halogens is 3. The summed E-state index contributed by atoms with van der Waals surface area (Å²) in [5.41, 5.74) is 0.525. The molecule has 2 fully saturated rings. The number of hydrogen-bond donors (Lipinski definition) is 1. The fourth-order valence-corrected chi connectivity index (χ4v) is 7.85. The predicted molar refractivity (Wildman–Crippen MR) is 151 cm³/mol. The van der Waals surface area contributed by atoms with Crippen LogP contribution in [0.25, 0.3) is 10.6 Å². The van der Waals surface area contributed by atoms with E-state index in [0.29, 0.717) is 42.3 Å². The summed E-state index contributed by atoms with van der Waals surface area (Å²) in [5.74, 6) is 1.79. The molecule has 6 rings (SSSR count). The molecule has 13 heteroatoms. The van der Waals surface area contributed by atoms with E-state index in [1.165, 1.54) is 11.3 Å². The van der Waals surface area contributed by atoms with E-state index in [1.807, 2.05) is 19.1 Å². The SMILES string of the molecule is CCc1nc(N2CC3CC2CN3CCOC)ccc1Nc1ncc(C(F)(F)F)c(-c2cc3c(s2)COCCS3)n1. The first-order chi connectivity index (χ1) is 19.3. The highest BCUT2D eigenvalue weighted by Crippen LogP contribution is 2.43. The van der Waals surface area contributed by atoms with Crippen LogP contribution in [-0.2, 0) is 28.7 Å². The van der Waals surface area contributed by atoms with Crippen LogP contribution < -0.4 is 10.2 Å². The monoisotopic (exact) mass is 592 g/mol. The van der Waals surface area contributed by atoms with Gasteiger partial charge in [-0.25, -0.2) is 15.0 Å². The molecular weight excluding hydrogens is 561 g/mol. The van der Waals surface area contributed by atoms with E-state index in [4.69, 9.17) is 14.5 Å². The van der Waals surface area contributed by atoms with Crippen molar-refractivity contribution in [1.29, 1.82) is 0 Å². The summed E-state index contributed by atoms with van der Waals surface area (Å²) >= 11 is 2.88. The number of aromatic nitrogens is 3. The number of aryl methyl sites for hydroxylation is 1. The lowest BCUT2D eigenvalue weighted by molar-refractivity contribution is -0.137. The van der Waals surface area contributed by atoms with Crippen molar-refractivity contribution >= 4 is 40.6 Å². The first-order valence-electron chi connectivity index (χ1n) is 13.4. The summed E-state index contributed by atoms with van der Waals surface area (Å²) < 4.78 is 52.7. The molecule has 40 heavy (non-hydrogen) atoms. The molecule has 3 aliphatic rings. The molecule has 3 aliphatic heterocycles. The fraction of sp³-hybridized carbons (Fsp3) is 0.519. The summed E-state index contributed by atoms with van der Waals surface area (Å²) in [7, 11) is 1.73. The van der Waals surface area contributed by atoms with Gasteiger partial charge >= 0.3 is 6.18 Å². The number of pyridine rings is 1. The third-order valence-corrected chi connectivity index (χ3v) is 9.88. The van der Waals surface area contributed by atoms with Gasteiger partial charge in [0.2, 0.25) is 5.95 Å². The first kappa shape index (κ1) is 27.7. The van der Waals surface area contributed by atoms with E-state index in [0.717, 1.165) is 65.9 Å². The molecule has 0 spiro atoms. The van der Waals surface area contributed by atoms with E-state index in [9.17, 15) is 13.2 Å². The number of methoxy groups -OCH3 is 1. The molecule has 8 nitrogen and oxygen atoms in total. The number of thiophene rings is 1. The summed E-state index contributed by atoms with van der Waals surface area (Å²) in [6.07, 6.45) is -1.94. The zero-order chi connectivity index (χ0) is 27.9. The Hall–Kier alpha value is -2.45. The van der Waals surface area contributed by atoms with E-state index in [-0.39, 0.29) is 11.6 Å².